The Labute approximate surface area is 111 Å². The summed E-state index contributed by atoms with van der Waals surface area (Å²) >= 11 is 0. The topological polar surface area (TPSA) is 44.7 Å². The molecule has 1 heterocycles. The molecule has 0 bridgehead atoms. The maximum atomic E-state index is 9.34. The maximum absolute atomic E-state index is 9.34. The summed E-state index contributed by atoms with van der Waals surface area (Å²) in [5, 5.41) is 12.8. The molecule has 2 aliphatic rings. The summed E-state index contributed by atoms with van der Waals surface area (Å²) in [5.74, 6) is 0.799. The molecular weight excluding hydrogens is 228 g/mol. The van der Waals surface area contributed by atoms with E-state index in [9.17, 15) is 5.11 Å². The molecule has 1 atom stereocenters. The molecule has 106 valence electrons. The highest BCUT2D eigenvalue weighted by Gasteiger charge is 2.24. The van der Waals surface area contributed by atoms with Crippen LogP contribution < -0.4 is 5.32 Å². The number of nitrogens with one attached hydrogen (secondary N) is 1. The fourth-order valence-electron chi connectivity index (χ4n) is 2.65. The van der Waals surface area contributed by atoms with Crippen LogP contribution in [-0.2, 0) is 4.74 Å². The molecule has 0 aromatic carbocycles. The van der Waals surface area contributed by atoms with E-state index in [1.165, 1.54) is 32.2 Å². The Morgan fingerprint density at radius 3 is 2.61 bits per heavy atom. The Morgan fingerprint density at radius 2 is 2.00 bits per heavy atom. The van der Waals surface area contributed by atoms with Crippen molar-refractivity contribution in [3.63, 3.8) is 0 Å². The smallest absolute Gasteiger partial charge is 0.0585 e. The first-order valence-corrected chi connectivity index (χ1v) is 7.41. The molecule has 1 unspecified atom stereocenters. The van der Waals surface area contributed by atoms with E-state index in [1.807, 2.05) is 0 Å². The van der Waals surface area contributed by atoms with E-state index >= 15 is 0 Å². The second kappa shape index (κ2) is 7.43. The summed E-state index contributed by atoms with van der Waals surface area (Å²) in [6.07, 6.45) is 6.03. The summed E-state index contributed by atoms with van der Waals surface area (Å²) in [7, 11) is 2.20. The van der Waals surface area contributed by atoms with E-state index in [-0.39, 0.29) is 12.6 Å². The summed E-state index contributed by atoms with van der Waals surface area (Å²) < 4.78 is 5.39. The average Bonchev–Trinajstić information content (AvgIpc) is 3.19. The Bertz CT molecular complexity index is 228. The number of aliphatic hydroxyl groups is 1. The first-order chi connectivity index (χ1) is 8.78. The Kier molecular flexibility index (Phi) is 5.89. The Morgan fingerprint density at radius 1 is 1.28 bits per heavy atom. The van der Waals surface area contributed by atoms with Gasteiger partial charge in [0.15, 0.2) is 0 Å². The number of hydrogen-bond acceptors (Lipinski definition) is 4. The molecule has 0 radical (unpaired) electrons. The molecule has 0 spiro atoms. The van der Waals surface area contributed by atoms with E-state index in [1.54, 1.807) is 0 Å². The molecule has 0 aromatic heterocycles. The van der Waals surface area contributed by atoms with Crippen molar-refractivity contribution in [3.8, 4) is 0 Å². The highest BCUT2D eigenvalue weighted by Crippen LogP contribution is 2.20. The molecule has 1 aliphatic heterocycles. The molecule has 18 heavy (non-hydrogen) atoms. The average molecular weight is 256 g/mol. The van der Waals surface area contributed by atoms with Gasteiger partial charge in [-0.2, -0.15) is 0 Å². The van der Waals surface area contributed by atoms with Gasteiger partial charge in [0.1, 0.15) is 0 Å². The van der Waals surface area contributed by atoms with Gasteiger partial charge in [-0.25, -0.2) is 0 Å². The quantitative estimate of drug-likeness (QED) is 0.676. The van der Waals surface area contributed by atoms with E-state index in [2.05, 4.69) is 17.3 Å². The zero-order valence-electron chi connectivity index (χ0n) is 11.6. The lowest BCUT2D eigenvalue weighted by Gasteiger charge is -2.28. The largest absolute Gasteiger partial charge is 0.395 e. The number of hydrogen-bond donors (Lipinski definition) is 2. The van der Waals surface area contributed by atoms with E-state index in [4.69, 9.17) is 4.74 Å². The third-order valence-corrected chi connectivity index (χ3v) is 4.04. The van der Waals surface area contributed by atoms with Gasteiger partial charge in [0, 0.05) is 31.8 Å². The minimum Gasteiger partial charge on any atom is -0.395 e. The first kappa shape index (κ1) is 14.3. The molecule has 0 aromatic rings. The molecule has 0 amide bonds. The van der Waals surface area contributed by atoms with Crippen LogP contribution >= 0.6 is 0 Å². The number of ether oxygens (including phenoxy) is 1. The van der Waals surface area contributed by atoms with Crippen molar-refractivity contribution in [2.24, 2.45) is 5.92 Å². The van der Waals surface area contributed by atoms with E-state index in [0.717, 1.165) is 32.1 Å². The van der Waals surface area contributed by atoms with Gasteiger partial charge in [-0.05, 0) is 51.6 Å². The van der Waals surface area contributed by atoms with Crippen molar-refractivity contribution < 1.29 is 9.84 Å². The number of rotatable bonds is 8. The number of aliphatic hydroxyl groups excluding tert-OH is 1. The summed E-state index contributed by atoms with van der Waals surface area (Å²) in [6, 6.07) is 0.970. The lowest BCUT2D eigenvalue weighted by molar-refractivity contribution is 0.0550. The molecule has 1 saturated heterocycles. The zero-order valence-corrected chi connectivity index (χ0v) is 11.6. The van der Waals surface area contributed by atoms with Gasteiger partial charge in [0.2, 0.25) is 0 Å². The molecule has 2 rings (SSSR count). The monoisotopic (exact) mass is 256 g/mol. The van der Waals surface area contributed by atoms with Gasteiger partial charge in [-0.3, -0.25) is 0 Å². The van der Waals surface area contributed by atoms with E-state index in [0.29, 0.717) is 6.04 Å². The third-order valence-electron chi connectivity index (χ3n) is 4.04. The predicted octanol–water partition coefficient (Wildman–Crippen LogP) is 0.848. The molecular formula is C14H28N2O2. The predicted molar refractivity (Wildman–Crippen MR) is 72.7 cm³/mol. The lowest BCUT2D eigenvalue weighted by Crippen LogP contribution is -2.38. The van der Waals surface area contributed by atoms with Crippen LogP contribution in [0.4, 0.5) is 0 Å². The van der Waals surface area contributed by atoms with Crippen LogP contribution in [0, 0.1) is 5.92 Å². The minimum absolute atomic E-state index is 0.265. The van der Waals surface area contributed by atoms with Gasteiger partial charge in [-0.1, -0.05) is 0 Å². The third kappa shape index (κ3) is 5.22. The van der Waals surface area contributed by atoms with Crippen molar-refractivity contribution in [1.82, 2.24) is 10.2 Å². The fraction of sp³-hybridized carbons (Fsp3) is 1.00. The minimum atomic E-state index is 0.265. The lowest BCUT2D eigenvalue weighted by atomic mass is 10.00. The van der Waals surface area contributed by atoms with Crippen molar-refractivity contribution in [2.45, 2.75) is 44.2 Å². The van der Waals surface area contributed by atoms with Crippen LogP contribution in [0.2, 0.25) is 0 Å². The highest BCUT2D eigenvalue weighted by atomic mass is 16.5. The Balaban J connectivity index is 1.58. The summed E-state index contributed by atoms with van der Waals surface area (Å²) in [5.41, 5.74) is 0. The van der Waals surface area contributed by atoms with Crippen LogP contribution in [0.5, 0.6) is 0 Å². The van der Waals surface area contributed by atoms with Crippen molar-refractivity contribution in [3.05, 3.63) is 0 Å². The second-order valence-electron chi connectivity index (χ2n) is 5.93. The van der Waals surface area contributed by atoms with Gasteiger partial charge >= 0.3 is 0 Å². The van der Waals surface area contributed by atoms with Crippen molar-refractivity contribution in [1.29, 1.82) is 0 Å². The van der Waals surface area contributed by atoms with Crippen molar-refractivity contribution >= 4 is 0 Å². The summed E-state index contributed by atoms with van der Waals surface area (Å²) in [6.45, 7) is 4.37. The fourth-order valence-corrected chi connectivity index (χ4v) is 2.65. The molecule has 4 heteroatoms. The molecule has 2 N–H and O–H groups in total. The van der Waals surface area contributed by atoms with Crippen LogP contribution in [0.25, 0.3) is 0 Å². The van der Waals surface area contributed by atoms with Crippen LogP contribution in [0.15, 0.2) is 0 Å². The SMILES string of the molecule is CN(CCC(CO)NC1CC1)CC1CCOCC1. The van der Waals surface area contributed by atoms with Gasteiger partial charge in [0.25, 0.3) is 0 Å². The van der Waals surface area contributed by atoms with Gasteiger partial charge in [0.05, 0.1) is 6.61 Å². The molecule has 1 saturated carbocycles. The van der Waals surface area contributed by atoms with Gasteiger partial charge in [-0.15, -0.1) is 0 Å². The van der Waals surface area contributed by atoms with E-state index < -0.39 is 0 Å². The normalized spacial score (nSPS) is 23.5. The summed E-state index contributed by atoms with van der Waals surface area (Å²) in [4.78, 5) is 2.41. The van der Waals surface area contributed by atoms with Crippen molar-refractivity contribution in [2.75, 3.05) is 40.0 Å². The molecule has 1 aliphatic carbocycles. The van der Waals surface area contributed by atoms with Gasteiger partial charge < -0.3 is 20.1 Å². The van der Waals surface area contributed by atoms with Crippen LogP contribution in [-0.4, -0.2) is 62.0 Å². The highest BCUT2D eigenvalue weighted by molar-refractivity contribution is 4.85. The zero-order chi connectivity index (χ0) is 12.8. The standard InChI is InChI=1S/C14H28N2O2/c1-16(10-12-5-8-18-9-6-12)7-4-14(11-17)15-13-2-3-13/h12-15,17H,2-11H2,1H3. The second-order valence-corrected chi connectivity index (χ2v) is 5.93. The maximum Gasteiger partial charge on any atom is 0.0585 e. The molecule has 4 nitrogen and oxygen atoms in total. The first-order valence-electron chi connectivity index (χ1n) is 7.41. The molecule has 2 fully saturated rings. The Hall–Kier alpha value is -0.160. The number of nitrogens with zero attached hydrogens (tertiary/aromatic N) is 1. The van der Waals surface area contributed by atoms with Crippen LogP contribution in [0.3, 0.4) is 0 Å². The van der Waals surface area contributed by atoms with Crippen LogP contribution in [0.1, 0.15) is 32.1 Å².